The molecule has 96 valence electrons. The Balaban J connectivity index is 1.86. The highest BCUT2D eigenvalue weighted by molar-refractivity contribution is 6.03. The van der Waals surface area contributed by atoms with Gasteiger partial charge in [0.15, 0.2) is 0 Å². The summed E-state index contributed by atoms with van der Waals surface area (Å²) in [5, 5.41) is 0. The molecule has 3 amide bonds. The van der Waals surface area contributed by atoms with Gasteiger partial charge in [-0.2, -0.15) is 0 Å². The van der Waals surface area contributed by atoms with Gasteiger partial charge >= 0.3 is 6.03 Å². The number of hydrogen-bond acceptors (Lipinski definition) is 4. The molecule has 1 atom stereocenters. The first kappa shape index (κ1) is 12.3. The summed E-state index contributed by atoms with van der Waals surface area (Å²) in [5.41, 5.74) is 0. The predicted octanol–water partition coefficient (Wildman–Crippen LogP) is -0.399. The minimum Gasteiger partial charge on any atom is -0.379 e. The fourth-order valence-electron chi connectivity index (χ4n) is 2.23. The Bertz CT molecular complexity index is 315. The first-order valence-electron chi connectivity index (χ1n) is 5.99. The zero-order valence-corrected chi connectivity index (χ0v) is 10.4. The molecule has 0 radical (unpaired) electrons. The minimum absolute atomic E-state index is 0.114. The lowest BCUT2D eigenvalue weighted by Gasteiger charge is -2.29. The van der Waals surface area contributed by atoms with E-state index in [1.807, 2.05) is 0 Å². The van der Waals surface area contributed by atoms with E-state index in [0.717, 1.165) is 32.8 Å². The van der Waals surface area contributed by atoms with E-state index in [2.05, 4.69) is 4.90 Å². The fraction of sp³-hybridized carbons (Fsp3) is 0.818. The number of imide groups is 1. The molecule has 0 saturated carbocycles. The second kappa shape index (κ2) is 5.01. The molecule has 0 aromatic carbocycles. The van der Waals surface area contributed by atoms with Crippen molar-refractivity contribution in [2.24, 2.45) is 0 Å². The van der Waals surface area contributed by atoms with E-state index in [9.17, 15) is 9.59 Å². The molecule has 1 unspecified atom stereocenters. The third-order valence-corrected chi connectivity index (χ3v) is 3.45. The third-order valence-electron chi connectivity index (χ3n) is 3.45. The van der Waals surface area contributed by atoms with Gasteiger partial charge in [-0.3, -0.25) is 14.6 Å². The highest BCUT2D eigenvalue weighted by Gasteiger charge is 2.39. The fourth-order valence-corrected chi connectivity index (χ4v) is 2.23. The topological polar surface area (TPSA) is 53.1 Å². The van der Waals surface area contributed by atoms with Crippen LogP contribution in [-0.2, 0) is 9.53 Å². The molecule has 2 aliphatic heterocycles. The normalized spacial score (nSPS) is 27.1. The second-order valence-electron chi connectivity index (χ2n) is 4.50. The Morgan fingerprint density at radius 2 is 1.88 bits per heavy atom. The average Bonchev–Trinajstić information content (AvgIpc) is 2.54. The minimum atomic E-state index is -0.325. The zero-order chi connectivity index (χ0) is 12.4. The number of likely N-dealkylation sites (N-methyl/N-ethyl adjacent to an activating group) is 1. The molecule has 0 aromatic heterocycles. The smallest absolute Gasteiger partial charge is 0.327 e. The van der Waals surface area contributed by atoms with Crippen molar-refractivity contribution in [2.45, 2.75) is 13.0 Å². The van der Waals surface area contributed by atoms with Gasteiger partial charge in [-0.15, -0.1) is 0 Å². The lowest BCUT2D eigenvalue weighted by Crippen LogP contribution is -2.43. The van der Waals surface area contributed by atoms with E-state index in [1.54, 1.807) is 11.8 Å². The van der Waals surface area contributed by atoms with Crippen molar-refractivity contribution in [3.8, 4) is 0 Å². The first-order chi connectivity index (χ1) is 8.11. The zero-order valence-electron chi connectivity index (χ0n) is 10.4. The van der Waals surface area contributed by atoms with E-state index < -0.39 is 0 Å². The molecule has 0 aromatic rings. The molecule has 0 bridgehead atoms. The van der Waals surface area contributed by atoms with Gasteiger partial charge in [-0.05, 0) is 6.92 Å². The van der Waals surface area contributed by atoms with Crippen LogP contribution < -0.4 is 0 Å². The summed E-state index contributed by atoms with van der Waals surface area (Å²) in [6, 6.07) is -0.510. The molecule has 2 heterocycles. The summed E-state index contributed by atoms with van der Waals surface area (Å²) in [6.07, 6.45) is 0. The molecular formula is C11H19N3O3. The maximum Gasteiger partial charge on any atom is 0.327 e. The largest absolute Gasteiger partial charge is 0.379 e. The molecule has 2 rings (SSSR count). The first-order valence-corrected chi connectivity index (χ1v) is 5.99. The molecule has 6 nitrogen and oxygen atoms in total. The monoisotopic (exact) mass is 241 g/mol. The van der Waals surface area contributed by atoms with E-state index in [-0.39, 0.29) is 18.0 Å². The summed E-state index contributed by atoms with van der Waals surface area (Å²) >= 11 is 0. The number of carbonyl (C=O) groups is 2. The molecule has 2 aliphatic rings. The lowest BCUT2D eigenvalue weighted by atomic mass is 10.3. The summed E-state index contributed by atoms with van der Waals surface area (Å²) in [6.45, 7) is 6.50. The number of urea groups is 1. The van der Waals surface area contributed by atoms with E-state index >= 15 is 0 Å². The van der Waals surface area contributed by atoms with Crippen molar-refractivity contribution in [1.82, 2.24) is 14.7 Å². The van der Waals surface area contributed by atoms with Gasteiger partial charge < -0.3 is 9.64 Å². The number of morpholine rings is 1. The maximum atomic E-state index is 11.8. The number of rotatable bonds is 3. The van der Waals surface area contributed by atoms with Crippen LogP contribution in [0.15, 0.2) is 0 Å². The number of hydrogen-bond donors (Lipinski definition) is 0. The van der Waals surface area contributed by atoms with Crippen molar-refractivity contribution in [2.75, 3.05) is 46.4 Å². The van der Waals surface area contributed by atoms with Gasteiger partial charge in [0.05, 0.1) is 13.2 Å². The number of nitrogens with zero attached hydrogens (tertiary/aromatic N) is 3. The van der Waals surface area contributed by atoms with Gasteiger partial charge in [0, 0.05) is 33.2 Å². The Hall–Kier alpha value is -1.14. The SMILES string of the molecule is CC1C(=O)N(C)C(=O)N1CCN1CCOCC1. The Morgan fingerprint density at radius 3 is 2.41 bits per heavy atom. The van der Waals surface area contributed by atoms with Crippen LogP contribution in [0.2, 0.25) is 0 Å². The standard InChI is InChI=1S/C11H19N3O3/c1-9-10(15)12(2)11(16)14(9)4-3-13-5-7-17-8-6-13/h9H,3-8H2,1-2H3. The second-order valence-corrected chi connectivity index (χ2v) is 4.50. The highest BCUT2D eigenvalue weighted by atomic mass is 16.5. The van der Waals surface area contributed by atoms with Gasteiger partial charge in [0.1, 0.15) is 6.04 Å². The van der Waals surface area contributed by atoms with E-state index in [4.69, 9.17) is 4.74 Å². The quantitative estimate of drug-likeness (QED) is 0.631. The summed E-state index contributed by atoms with van der Waals surface area (Å²) < 4.78 is 5.26. The van der Waals surface area contributed by atoms with Gasteiger partial charge in [0.2, 0.25) is 0 Å². The molecule has 6 heteroatoms. The van der Waals surface area contributed by atoms with Crippen LogP contribution in [0.25, 0.3) is 0 Å². The van der Waals surface area contributed by atoms with Crippen LogP contribution in [-0.4, -0.2) is 79.1 Å². The summed E-state index contributed by atoms with van der Waals surface area (Å²) in [4.78, 5) is 28.5. The Kier molecular flexibility index (Phi) is 3.63. The molecular weight excluding hydrogens is 222 g/mol. The van der Waals surface area contributed by atoms with E-state index in [0.29, 0.717) is 6.54 Å². The number of carbonyl (C=O) groups excluding carboxylic acids is 2. The molecule has 2 saturated heterocycles. The van der Waals surface area contributed by atoms with Crippen LogP contribution in [0.4, 0.5) is 4.79 Å². The summed E-state index contributed by atoms with van der Waals surface area (Å²) in [5.74, 6) is -0.114. The molecule has 0 N–H and O–H groups in total. The van der Waals surface area contributed by atoms with Crippen molar-refractivity contribution >= 4 is 11.9 Å². The van der Waals surface area contributed by atoms with Crippen LogP contribution in [0.5, 0.6) is 0 Å². The summed E-state index contributed by atoms with van der Waals surface area (Å²) in [7, 11) is 1.54. The predicted molar refractivity (Wildman–Crippen MR) is 61.6 cm³/mol. The maximum absolute atomic E-state index is 11.8. The van der Waals surface area contributed by atoms with Crippen LogP contribution in [0.3, 0.4) is 0 Å². The Labute approximate surface area is 101 Å². The van der Waals surface area contributed by atoms with Gasteiger partial charge in [0.25, 0.3) is 5.91 Å². The van der Waals surface area contributed by atoms with Crippen molar-refractivity contribution < 1.29 is 14.3 Å². The van der Waals surface area contributed by atoms with Crippen LogP contribution >= 0.6 is 0 Å². The van der Waals surface area contributed by atoms with Crippen molar-refractivity contribution in [3.63, 3.8) is 0 Å². The van der Waals surface area contributed by atoms with Crippen molar-refractivity contribution in [3.05, 3.63) is 0 Å². The third kappa shape index (κ3) is 2.42. The van der Waals surface area contributed by atoms with E-state index in [1.165, 1.54) is 11.9 Å². The van der Waals surface area contributed by atoms with Crippen molar-refractivity contribution in [1.29, 1.82) is 0 Å². The average molecular weight is 241 g/mol. The lowest BCUT2D eigenvalue weighted by molar-refractivity contribution is -0.127. The molecule has 2 fully saturated rings. The molecule has 0 spiro atoms. The van der Waals surface area contributed by atoms with Gasteiger partial charge in [-0.25, -0.2) is 4.79 Å². The number of ether oxygens (including phenoxy) is 1. The van der Waals surface area contributed by atoms with Crippen LogP contribution in [0, 0.1) is 0 Å². The molecule has 0 aliphatic carbocycles. The molecule has 17 heavy (non-hydrogen) atoms. The number of amides is 3. The van der Waals surface area contributed by atoms with Crippen LogP contribution in [0.1, 0.15) is 6.92 Å². The Morgan fingerprint density at radius 1 is 1.24 bits per heavy atom. The highest BCUT2D eigenvalue weighted by Crippen LogP contribution is 2.15. The van der Waals surface area contributed by atoms with Gasteiger partial charge in [-0.1, -0.05) is 0 Å².